The molecule has 2 rings (SSSR count). The number of nitrogens with zero attached hydrogens (tertiary/aromatic N) is 2. The summed E-state index contributed by atoms with van der Waals surface area (Å²) in [5.41, 5.74) is -0.260. The highest BCUT2D eigenvalue weighted by molar-refractivity contribution is 5.90. The SMILES string of the molecule is CC(C)(C)NC(=O)CCNC(=O)c1n[nH]c(C2CC2)n1. The predicted octanol–water partition coefficient (Wildman–Crippen LogP) is 0.717. The van der Waals surface area contributed by atoms with Crippen LogP contribution in [0.25, 0.3) is 0 Å². The van der Waals surface area contributed by atoms with Crippen molar-refractivity contribution < 1.29 is 9.59 Å². The molecule has 1 aromatic heterocycles. The number of amides is 2. The molecule has 1 heterocycles. The number of carbonyl (C=O) groups is 2. The lowest BCUT2D eigenvalue weighted by Gasteiger charge is -2.20. The van der Waals surface area contributed by atoms with Gasteiger partial charge in [-0.2, -0.15) is 0 Å². The van der Waals surface area contributed by atoms with Gasteiger partial charge in [-0.25, -0.2) is 4.98 Å². The minimum atomic E-state index is -0.350. The van der Waals surface area contributed by atoms with Crippen LogP contribution in [-0.2, 0) is 4.79 Å². The van der Waals surface area contributed by atoms with Crippen molar-refractivity contribution in [2.75, 3.05) is 6.54 Å². The summed E-state index contributed by atoms with van der Waals surface area (Å²) in [6, 6.07) is 0. The van der Waals surface area contributed by atoms with Crippen molar-refractivity contribution in [1.29, 1.82) is 0 Å². The zero-order valence-electron chi connectivity index (χ0n) is 12.1. The molecule has 7 heteroatoms. The normalized spacial score (nSPS) is 14.9. The summed E-state index contributed by atoms with van der Waals surface area (Å²) in [7, 11) is 0. The third-order valence-electron chi connectivity index (χ3n) is 2.82. The van der Waals surface area contributed by atoms with Gasteiger partial charge in [0.25, 0.3) is 5.91 Å². The first-order valence-electron chi connectivity index (χ1n) is 6.86. The molecule has 1 saturated carbocycles. The number of rotatable bonds is 5. The van der Waals surface area contributed by atoms with Crippen LogP contribution in [0.5, 0.6) is 0 Å². The number of hydrogen-bond donors (Lipinski definition) is 3. The zero-order chi connectivity index (χ0) is 14.8. The largest absolute Gasteiger partial charge is 0.351 e. The second-order valence-electron chi connectivity index (χ2n) is 6.12. The number of carbonyl (C=O) groups excluding carboxylic acids is 2. The van der Waals surface area contributed by atoms with Crippen molar-refractivity contribution in [3.63, 3.8) is 0 Å². The topological polar surface area (TPSA) is 99.8 Å². The summed E-state index contributed by atoms with van der Waals surface area (Å²) in [6.45, 7) is 6.01. The molecule has 0 unspecified atom stereocenters. The molecule has 1 fully saturated rings. The highest BCUT2D eigenvalue weighted by Gasteiger charge is 2.28. The van der Waals surface area contributed by atoms with Gasteiger partial charge in [-0.05, 0) is 33.6 Å². The first kappa shape index (κ1) is 14.5. The van der Waals surface area contributed by atoms with Gasteiger partial charge in [-0.1, -0.05) is 0 Å². The molecular weight excluding hydrogens is 258 g/mol. The highest BCUT2D eigenvalue weighted by atomic mass is 16.2. The van der Waals surface area contributed by atoms with E-state index < -0.39 is 0 Å². The van der Waals surface area contributed by atoms with E-state index in [-0.39, 0.29) is 36.1 Å². The molecule has 1 aliphatic rings. The average Bonchev–Trinajstić information content (AvgIpc) is 3.04. The predicted molar refractivity (Wildman–Crippen MR) is 73.2 cm³/mol. The third kappa shape index (κ3) is 4.32. The van der Waals surface area contributed by atoms with E-state index in [1.54, 1.807) is 0 Å². The zero-order valence-corrected chi connectivity index (χ0v) is 12.1. The second kappa shape index (κ2) is 5.60. The minimum Gasteiger partial charge on any atom is -0.351 e. The highest BCUT2D eigenvalue weighted by Crippen LogP contribution is 2.37. The van der Waals surface area contributed by atoms with Gasteiger partial charge in [-0.3, -0.25) is 14.7 Å². The Morgan fingerprint density at radius 1 is 1.35 bits per heavy atom. The molecule has 1 aromatic rings. The van der Waals surface area contributed by atoms with Crippen LogP contribution in [0.1, 0.15) is 62.4 Å². The first-order valence-corrected chi connectivity index (χ1v) is 6.86. The van der Waals surface area contributed by atoms with Gasteiger partial charge < -0.3 is 10.6 Å². The van der Waals surface area contributed by atoms with E-state index in [0.29, 0.717) is 5.92 Å². The van der Waals surface area contributed by atoms with Crippen molar-refractivity contribution in [1.82, 2.24) is 25.8 Å². The van der Waals surface area contributed by atoms with Gasteiger partial charge in [0, 0.05) is 24.4 Å². The first-order chi connectivity index (χ1) is 9.35. The molecule has 0 saturated heterocycles. The smallest absolute Gasteiger partial charge is 0.290 e. The standard InChI is InChI=1S/C13H21N5O2/c1-13(2,3)16-9(19)6-7-14-12(20)11-15-10(17-18-11)8-4-5-8/h8H,4-7H2,1-3H3,(H,14,20)(H,16,19)(H,15,17,18). The maximum absolute atomic E-state index is 11.8. The van der Waals surface area contributed by atoms with Gasteiger partial charge in [0.15, 0.2) is 0 Å². The van der Waals surface area contributed by atoms with E-state index in [1.807, 2.05) is 20.8 Å². The molecule has 0 radical (unpaired) electrons. The minimum absolute atomic E-state index is 0.0912. The quantitative estimate of drug-likeness (QED) is 0.739. The maximum Gasteiger partial charge on any atom is 0.290 e. The average molecular weight is 279 g/mol. The number of H-pyrrole nitrogens is 1. The third-order valence-corrected chi connectivity index (χ3v) is 2.82. The Hall–Kier alpha value is -1.92. The summed E-state index contributed by atoms with van der Waals surface area (Å²) in [5.74, 6) is 0.911. The van der Waals surface area contributed by atoms with E-state index in [4.69, 9.17) is 0 Å². The fourth-order valence-corrected chi connectivity index (χ4v) is 1.76. The molecule has 20 heavy (non-hydrogen) atoms. The molecule has 7 nitrogen and oxygen atoms in total. The van der Waals surface area contributed by atoms with E-state index in [0.717, 1.165) is 18.7 Å². The van der Waals surface area contributed by atoms with Crippen LogP contribution in [0, 0.1) is 0 Å². The van der Waals surface area contributed by atoms with Crippen LogP contribution in [0.2, 0.25) is 0 Å². The lowest BCUT2D eigenvalue weighted by Crippen LogP contribution is -2.42. The number of aromatic nitrogens is 3. The number of nitrogens with one attached hydrogen (secondary N) is 3. The molecule has 0 atom stereocenters. The summed E-state index contributed by atoms with van der Waals surface area (Å²) < 4.78 is 0. The maximum atomic E-state index is 11.8. The van der Waals surface area contributed by atoms with Crippen LogP contribution in [0.3, 0.4) is 0 Å². The summed E-state index contributed by atoms with van der Waals surface area (Å²) in [5, 5.41) is 12.1. The lowest BCUT2D eigenvalue weighted by atomic mass is 10.1. The monoisotopic (exact) mass is 279 g/mol. The Balaban J connectivity index is 1.73. The molecule has 110 valence electrons. The Labute approximate surface area is 117 Å². The van der Waals surface area contributed by atoms with Crippen molar-refractivity contribution in [3.05, 3.63) is 11.6 Å². The molecule has 3 N–H and O–H groups in total. The van der Waals surface area contributed by atoms with Crippen molar-refractivity contribution >= 4 is 11.8 Å². The van der Waals surface area contributed by atoms with Crippen molar-refractivity contribution in [3.8, 4) is 0 Å². The van der Waals surface area contributed by atoms with Gasteiger partial charge in [0.1, 0.15) is 5.82 Å². The fourth-order valence-electron chi connectivity index (χ4n) is 1.76. The molecule has 0 bridgehead atoms. The van der Waals surface area contributed by atoms with Crippen LogP contribution in [-0.4, -0.2) is 39.1 Å². The second-order valence-corrected chi connectivity index (χ2v) is 6.12. The Kier molecular flexibility index (Phi) is 4.06. The van der Waals surface area contributed by atoms with E-state index in [9.17, 15) is 9.59 Å². The molecule has 0 aliphatic heterocycles. The Morgan fingerprint density at radius 2 is 2.05 bits per heavy atom. The molecule has 2 amide bonds. The van der Waals surface area contributed by atoms with Crippen LogP contribution in [0.4, 0.5) is 0 Å². The van der Waals surface area contributed by atoms with E-state index >= 15 is 0 Å². The van der Waals surface area contributed by atoms with E-state index in [2.05, 4.69) is 25.8 Å². The van der Waals surface area contributed by atoms with Gasteiger partial charge in [0.2, 0.25) is 11.7 Å². The van der Waals surface area contributed by atoms with Crippen LogP contribution >= 0.6 is 0 Å². The molecular formula is C13H21N5O2. The Morgan fingerprint density at radius 3 is 2.65 bits per heavy atom. The lowest BCUT2D eigenvalue weighted by molar-refractivity contribution is -0.122. The van der Waals surface area contributed by atoms with Gasteiger partial charge in [0.05, 0.1) is 0 Å². The van der Waals surface area contributed by atoms with Crippen molar-refractivity contribution in [2.24, 2.45) is 0 Å². The Bertz CT molecular complexity index is 499. The molecule has 0 spiro atoms. The molecule has 1 aliphatic carbocycles. The fraction of sp³-hybridized carbons (Fsp3) is 0.692. The van der Waals surface area contributed by atoms with Crippen LogP contribution in [0.15, 0.2) is 0 Å². The number of hydrogen-bond acceptors (Lipinski definition) is 4. The van der Waals surface area contributed by atoms with Gasteiger partial charge in [-0.15, -0.1) is 5.10 Å². The van der Waals surface area contributed by atoms with Crippen LogP contribution < -0.4 is 10.6 Å². The van der Waals surface area contributed by atoms with Gasteiger partial charge >= 0.3 is 0 Å². The van der Waals surface area contributed by atoms with E-state index in [1.165, 1.54) is 0 Å². The number of aromatic amines is 1. The molecule has 0 aromatic carbocycles. The summed E-state index contributed by atoms with van der Waals surface area (Å²) >= 11 is 0. The van der Waals surface area contributed by atoms with Crippen molar-refractivity contribution in [2.45, 2.75) is 51.5 Å². The summed E-state index contributed by atoms with van der Waals surface area (Å²) in [6.07, 6.45) is 2.44. The summed E-state index contributed by atoms with van der Waals surface area (Å²) in [4.78, 5) is 27.5.